The van der Waals surface area contributed by atoms with E-state index in [0.717, 1.165) is 10.7 Å². The van der Waals surface area contributed by atoms with Gasteiger partial charge in [-0.3, -0.25) is 14.9 Å². The number of hydrogen-bond donors (Lipinski definition) is 0. The summed E-state index contributed by atoms with van der Waals surface area (Å²) in [5.41, 5.74) is 1.26. The lowest BCUT2D eigenvalue weighted by Gasteiger charge is -2.01. The van der Waals surface area contributed by atoms with Gasteiger partial charge in [0.25, 0.3) is 5.69 Å². The standard InChI is InChI=1S/C13H11N3O3S/c1-9-6-13(15-8-14-9)20-7-12(17)10-2-4-11(5-3-10)16(18)19/h2-6,8H,7H2,1H3. The molecule has 0 saturated heterocycles. The summed E-state index contributed by atoms with van der Waals surface area (Å²) in [4.78, 5) is 30.0. The minimum atomic E-state index is -0.493. The molecule has 6 nitrogen and oxygen atoms in total. The smallest absolute Gasteiger partial charge is 0.269 e. The first-order valence-electron chi connectivity index (χ1n) is 5.75. The molecule has 2 rings (SSSR count). The first-order valence-corrected chi connectivity index (χ1v) is 6.74. The summed E-state index contributed by atoms with van der Waals surface area (Å²) in [6.07, 6.45) is 1.45. The zero-order chi connectivity index (χ0) is 14.5. The third-order valence-electron chi connectivity index (χ3n) is 2.53. The van der Waals surface area contributed by atoms with Gasteiger partial charge < -0.3 is 0 Å². The molecule has 0 bridgehead atoms. The molecule has 0 aliphatic carbocycles. The normalized spacial score (nSPS) is 10.2. The molecule has 0 spiro atoms. The van der Waals surface area contributed by atoms with Crippen LogP contribution in [-0.4, -0.2) is 26.4 Å². The fraction of sp³-hybridized carbons (Fsp3) is 0.154. The zero-order valence-corrected chi connectivity index (χ0v) is 11.5. The molecule has 0 saturated carbocycles. The van der Waals surface area contributed by atoms with Crippen molar-refractivity contribution < 1.29 is 9.72 Å². The van der Waals surface area contributed by atoms with E-state index in [2.05, 4.69) is 9.97 Å². The van der Waals surface area contributed by atoms with Gasteiger partial charge in [0.1, 0.15) is 11.4 Å². The molecular formula is C13H11N3O3S. The predicted octanol–water partition coefficient (Wildman–Crippen LogP) is 2.67. The number of benzene rings is 1. The quantitative estimate of drug-likeness (QED) is 0.276. The summed E-state index contributed by atoms with van der Waals surface area (Å²) in [6.45, 7) is 1.85. The Kier molecular flexibility index (Phi) is 4.41. The van der Waals surface area contributed by atoms with Crippen LogP contribution in [0.4, 0.5) is 5.69 Å². The highest BCUT2D eigenvalue weighted by Gasteiger charge is 2.10. The van der Waals surface area contributed by atoms with Gasteiger partial charge in [-0.15, -0.1) is 0 Å². The Bertz CT molecular complexity index is 644. The second-order valence-corrected chi connectivity index (χ2v) is 5.01. The molecule has 7 heteroatoms. The highest BCUT2D eigenvalue weighted by molar-refractivity contribution is 7.99. The van der Waals surface area contributed by atoms with Gasteiger partial charge in [0.05, 0.1) is 10.7 Å². The number of ketones is 1. The van der Waals surface area contributed by atoms with Gasteiger partial charge in [0, 0.05) is 23.4 Å². The van der Waals surface area contributed by atoms with Crippen molar-refractivity contribution >= 4 is 23.2 Å². The summed E-state index contributed by atoms with van der Waals surface area (Å²) < 4.78 is 0. The number of aryl methyl sites for hydroxylation is 1. The summed E-state index contributed by atoms with van der Waals surface area (Å²) in [5.74, 6) is 0.134. The minimum Gasteiger partial charge on any atom is -0.293 e. The molecular weight excluding hydrogens is 278 g/mol. The molecule has 20 heavy (non-hydrogen) atoms. The fourth-order valence-electron chi connectivity index (χ4n) is 1.50. The minimum absolute atomic E-state index is 0.0272. The number of hydrogen-bond acceptors (Lipinski definition) is 6. The number of nitro benzene ring substituents is 1. The summed E-state index contributed by atoms with van der Waals surface area (Å²) in [5, 5.41) is 11.3. The molecule has 0 fully saturated rings. The number of nitrogens with zero attached hydrogens (tertiary/aromatic N) is 3. The number of nitro groups is 1. The molecule has 1 aromatic heterocycles. The first-order chi connectivity index (χ1) is 9.56. The number of non-ortho nitro benzene ring substituents is 1. The van der Waals surface area contributed by atoms with Crippen LogP contribution in [0.1, 0.15) is 16.1 Å². The monoisotopic (exact) mass is 289 g/mol. The lowest BCUT2D eigenvalue weighted by molar-refractivity contribution is -0.384. The highest BCUT2D eigenvalue weighted by Crippen LogP contribution is 2.18. The molecule has 0 atom stereocenters. The number of rotatable bonds is 5. The van der Waals surface area contributed by atoms with Crippen LogP contribution in [0.5, 0.6) is 0 Å². The number of Topliss-reactive ketones (excluding diaryl/α,β-unsaturated/α-hetero) is 1. The molecule has 0 N–H and O–H groups in total. The van der Waals surface area contributed by atoms with Crippen molar-refractivity contribution in [1.82, 2.24) is 9.97 Å². The van der Waals surface area contributed by atoms with Crippen LogP contribution in [0.2, 0.25) is 0 Å². The Hall–Kier alpha value is -2.28. The van der Waals surface area contributed by atoms with Crippen LogP contribution in [-0.2, 0) is 0 Å². The second-order valence-electron chi connectivity index (χ2n) is 4.01. The molecule has 1 heterocycles. The van der Waals surface area contributed by atoms with Crippen LogP contribution < -0.4 is 0 Å². The Morgan fingerprint density at radius 2 is 2.00 bits per heavy atom. The van der Waals surface area contributed by atoms with E-state index in [9.17, 15) is 14.9 Å². The van der Waals surface area contributed by atoms with Crippen molar-refractivity contribution in [3.8, 4) is 0 Å². The van der Waals surface area contributed by atoms with Gasteiger partial charge in [-0.05, 0) is 25.1 Å². The maximum Gasteiger partial charge on any atom is 0.269 e. The molecule has 0 radical (unpaired) electrons. The summed E-state index contributed by atoms with van der Waals surface area (Å²) >= 11 is 1.31. The second kappa shape index (κ2) is 6.25. The van der Waals surface area contributed by atoms with Crippen LogP contribution in [0.3, 0.4) is 0 Å². The van der Waals surface area contributed by atoms with Crippen molar-refractivity contribution in [2.24, 2.45) is 0 Å². The van der Waals surface area contributed by atoms with Crippen molar-refractivity contribution in [1.29, 1.82) is 0 Å². The molecule has 0 aliphatic rings. The van der Waals surface area contributed by atoms with Crippen molar-refractivity contribution in [2.75, 3.05) is 5.75 Å². The van der Waals surface area contributed by atoms with E-state index < -0.39 is 4.92 Å². The van der Waals surface area contributed by atoms with Gasteiger partial charge in [0.15, 0.2) is 5.78 Å². The number of carbonyl (C=O) groups is 1. The Morgan fingerprint density at radius 3 is 2.60 bits per heavy atom. The van der Waals surface area contributed by atoms with E-state index >= 15 is 0 Å². The van der Waals surface area contributed by atoms with E-state index in [-0.39, 0.29) is 17.2 Å². The lowest BCUT2D eigenvalue weighted by Crippen LogP contribution is -2.03. The average molecular weight is 289 g/mol. The van der Waals surface area contributed by atoms with E-state index in [1.165, 1.54) is 42.4 Å². The summed E-state index contributed by atoms with van der Waals surface area (Å²) in [6, 6.07) is 7.38. The molecule has 0 unspecified atom stereocenters. The third-order valence-corrected chi connectivity index (χ3v) is 3.46. The van der Waals surface area contributed by atoms with Gasteiger partial charge >= 0.3 is 0 Å². The molecule has 102 valence electrons. The van der Waals surface area contributed by atoms with Crippen molar-refractivity contribution in [3.05, 3.63) is 58.0 Å². The molecule has 1 aromatic carbocycles. The number of carbonyl (C=O) groups excluding carboxylic acids is 1. The molecule has 0 aliphatic heterocycles. The van der Waals surface area contributed by atoms with Gasteiger partial charge in [-0.1, -0.05) is 11.8 Å². The van der Waals surface area contributed by atoms with Crippen LogP contribution in [0.15, 0.2) is 41.7 Å². The van der Waals surface area contributed by atoms with Gasteiger partial charge in [-0.25, -0.2) is 9.97 Å². The SMILES string of the molecule is Cc1cc(SCC(=O)c2ccc([N+](=O)[O-])cc2)ncn1. The van der Waals surface area contributed by atoms with Gasteiger partial charge in [0.2, 0.25) is 0 Å². The lowest BCUT2D eigenvalue weighted by atomic mass is 10.1. The van der Waals surface area contributed by atoms with E-state index in [4.69, 9.17) is 0 Å². The fourth-order valence-corrected chi connectivity index (χ4v) is 2.32. The van der Waals surface area contributed by atoms with Crippen molar-refractivity contribution in [2.45, 2.75) is 11.9 Å². The number of aromatic nitrogens is 2. The number of thioether (sulfide) groups is 1. The van der Waals surface area contributed by atoms with E-state index in [1.54, 1.807) is 6.07 Å². The predicted molar refractivity (Wildman–Crippen MR) is 74.9 cm³/mol. The summed E-state index contributed by atoms with van der Waals surface area (Å²) in [7, 11) is 0. The maximum absolute atomic E-state index is 11.9. The van der Waals surface area contributed by atoms with Gasteiger partial charge in [-0.2, -0.15) is 0 Å². The van der Waals surface area contributed by atoms with E-state index in [1.807, 2.05) is 6.92 Å². The molecule has 2 aromatic rings. The Labute approximate surface area is 119 Å². The van der Waals surface area contributed by atoms with Crippen LogP contribution >= 0.6 is 11.8 Å². The Balaban J connectivity index is 1.99. The topological polar surface area (TPSA) is 86.0 Å². The Morgan fingerprint density at radius 1 is 1.30 bits per heavy atom. The largest absolute Gasteiger partial charge is 0.293 e. The average Bonchev–Trinajstić information content (AvgIpc) is 2.45. The zero-order valence-electron chi connectivity index (χ0n) is 10.6. The van der Waals surface area contributed by atoms with Crippen LogP contribution in [0, 0.1) is 17.0 Å². The van der Waals surface area contributed by atoms with Crippen molar-refractivity contribution in [3.63, 3.8) is 0 Å². The highest BCUT2D eigenvalue weighted by atomic mass is 32.2. The van der Waals surface area contributed by atoms with Crippen LogP contribution in [0.25, 0.3) is 0 Å². The maximum atomic E-state index is 11.9. The third kappa shape index (κ3) is 3.61. The molecule has 0 amide bonds. The van der Waals surface area contributed by atoms with E-state index in [0.29, 0.717) is 5.56 Å². The first kappa shape index (κ1) is 14.1.